The molecular weight excluding hydrogens is 330 g/mol. The van der Waals surface area contributed by atoms with Gasteiger partial charge in [-0.05, 0) is 22.5 Å². The summed E-state index contributed by atoms with van der Waals surface area (Å²) >= 11 is 23.0. The van der Waals surface area contributed by atoms with Crippen molar-refractivity contribution < 1.29 is 0 Å². The van der Waals surface area contributed by atoms with E-state index < -0.39 is 0 Å². The average Bonchev–Trinajstić information content (AvgIpc) is 2.50. The van der Waals surface area contributed by atoms with Crippen molar-refractivity contribution in [2.75, 3.05) is 0 Å². The van der Waals surface area contributed by atoms with E-state index in [1.165, 1.54) is 11.3 Å². The van der Waals surface area contributed by atoms with Gasteiger partial charge in [0.25, 0.3) is 0 Å². The van der Waals surface area contributed by atoms with Gasteiger partial charge in [0, 0.05) is 51.4 Å². The van der Waals surface area contributed by atoms with Crippen molar-refractivity contribution in [3.8, 4) is 5.69 Å². The number of rotatable bonds is 1. The fraction of sp³-hybridized carbons (Fsp3) is 0. The van der Waals surface area contributed by atoms with Crippen LogP contribution in [0.4, 0.5) is 0 Å². The molecule has 0 aliphatic carbocycles. The molecule has 0 saturated carbocycles. The minimum atomic E-state index is 0. The zero-order valence-corrected chi connectivity index (χ0v) is 15.2. The number of hydrogen-bond acceptors (Lipinski definition) is 4. The summed E-state index contributed by atoms with van der Waals surface area (Å²) in [7, 11) is 0. The van der Waals surface area contributed by atoms with E-state index in [0.717, 1.165) is 5.69 Å². The van der Waals surface area contributed by atoms with E-state index in [2.05, 4.69) is 5.10 Å². The molecule has 1 heterocycles. The molecule has 0 fully saturated rings. The van der Waals surface area contributed by atoms with Crippen molar-refractivity contribution >= 4 is 111 Å². The van der Waals surface area contributed by atoms with E-state index in [1.807, 2.05) is 0 Å². The summed E-state index contributed by atoms with van der Waals surface area (Å²) in [5, 5.41) is 5.06. The average molecular weight is 333 g/mol. The Morgan fingerprint density at radius 3 is 2.50 bits per heavy atom. The summed E-state index contributed by atoms with van der Waals surface area (Å²) < 4.78 is 2.68. The molecular formula is C8H3Cl2KN2S3-. The maximum Gasteiger partial charge on any atom is 0.0904 e. The fourth-order valence-corrected chi connectivity index (χ4v) is 2.70. The molecule has 1 radical (unpaired) electrons. The summed E-state index contributed by atoms with van der Waals surface area (Å²) in [6, 6.07) is 5.19. The SMILES string of the molecule is S=c1sc([S-])nn1-c1ccc(Cl)c(Cl)c1.[K]. The molecule has 0 atom stereocenters. The minimum absolute atomic E-state index is 0. The zero-order chi connectivity index (χ0) is 11.0. The summed E-state index contributed by atoms with van der Waals surface area (Å²) in [5.74, 6) is 0. The Hall–Kier alpha value is 1.44. The van der Waals surface area contributed by atoms with E-state index in [-0.39, 0.29) is 51.4 Å². The minimum Gasteiger partial charge on any atom is -0.406 e. The van der Waals surface area contributed by atoms with E-state index in [0.29, 0.717) is 18.3 Å². The van der Waals surface area contributed by atoms with E-state index >= 15 is 0 Å². The number of halogens is 2. The third-order valence-corrected chi connectivity index (χ3v) is 3.77. The predicted molar refractivity (Wildman–Crippen MR) is 73.7 cm³/mol. The van der Waals surface area contributed by atoms with Gasteiger partial charge < -0.3 is 24.0 Å². The van der Waals surface area contributed by atoms with Gasteiger partial charge in [0.05, 0.1) is 19.7 Å². The molecule has 1 aromatic carbocycles. The Morgan fingerprint density at radius 1 is 1.31 bits per heavy atom. The second-order valence-electron chi connectivity index (χ2n) is 2.64. The summed E-state index contributed by atoms with van der Waals surface area (Å²) in [5.41, 5.74) is 0.766. The Balaban J connectivity index is 0.00000128. The molecule has 8 heteroatoms. The first-order chi connectivity index (χ1) is 7.08. The molecule has 2 nitrogen and oxygen atoms in total. The van der Waals surface area contributed by atoms with Crippen LogP contribution in [0, 0.1) is 3.95 Å². The maximum atomic E-state index is 5.89. The largest absolute Gasteiger partial charge is 0.406 e. The van der Waals surface area contributed by atoms with Crippen LogP contribution in [0.1, 0.15) is 0 Å². The van der Waals surface area contributed by atoms with Crippen molar-refractivity contribution in [3.05, 3.63) is 32.2 Å². The normalized spacial score (nSPS) is 9.88. The van der Waals surface area contributed by atoms with Crippen LogP contribution >= 0.6 is 46.8 Å². The molecule has 0 amide bonds. The van der Waals surface area contributed by atoms with Gasteiger partial charge in [-0.1, -0.05) is 35.4 Å². The van der Waals surface area contributed by atoms with Crippen molar-refractivity contribution in [1.82, 2.24) is 9.78 Å². The fourth-order valence-electron chi connectivity index (χ4n) is 1.04. The third-order valence-electron chi connectivity index (χ3n) is 1.68. The van der Waals surface area contributed by atoms with Crippen LogP contribution < -0.4 is 0 Å². The first-order valence-electron chi connectivity index (χ1n) is 3.80. The van der Waals surface area contributed by atoms with E-state index in [4.69, 9.17) is 48.0 Å². The van der Waals surface area contributed by atoms with Gasteiger partial charge in [-0.3, -0.25) is 0 Å². The molecule has 0 aliphatic heterocycles. The molecule has 2 rings (SSSR count). The van der Waals surface area contributed by atoms with Gasteiger partial charge in [0.15, 0.2) is 0 Å². The van der Waals surface area contributed by atoms with Crippen LogP contribution in [0.5, 0.6) is 0 Å². The number of hydrogen-bond donors (Lipinski definition) is 0. The molecule has 0 spiro atoms. The van der Waals surface area contributed by atoms with Crippen LogP contribution in [-0.4, -0.2) is 61.2 Å². The molecule has 0 unspecified atom stereocenters. The van der Waals surface area contributed by atoms with Gasteiger partial charge in [0.2, 0.25) is 0 Å². The maximum absolute atomic E-state index is 5.89. The van der Waals surface area contributed by atoms with Crippen molar-refractivity contribution in [2.45, 2.75) is 4.34 Å². The monoisotopic (exact) mass is 332 g/mol. The molecule has 0 N–H and O–H groups in total. The second-order valence-corrected chi connectivity index (χ2v) is 5.73. The van der Waals surface area contributed by atoms with Gasteiger partial charge >= 0.3 is 0 Å². The molecule has 2 aromatic rings. The summed E-state index contributed by atoms with van der Waals surface area (Å²) in [6.45, 7) is 0. The van der Waals surface area contributed by atoms with Crippen LogP contribution in [0.2, 0.25) is 10.0 Å². The van der Waals surface area contributed by atoms with E-state index in [9.17, 15) is 0 Å². The van der Waals surface area contributed by atoms with Gasteiger partial charge in [0.1, 0.15) is 0 Å². The standard InChI is InChI=1S/C8H4Cl2N2S3.K/c9-5-2-1-4(3-6(5)10)12-8(14)15-7(13)11-12;/h1-3H,(H,11,13);/p-1. The van der Waals surface area contributed by atoms with Gasteiger partial charge in [-0.15, -0.1) is 0 Å². The predicted octanol–water partition coefficient (Wildman–Crippen LogP) is 3.50. The van der Waals surface area contributed by atoms with Crippen molar-refractivity contribution in [1.29, 1.82) is 0 Å². The summed E-state index contributed by atoms with van der Waals surface area (Å²) in [4.78, 5) is 0. The van der Waals surface area contributed by atoms with Crippen LogP contribution in [0.25, 0.3) is 5.69 Å². The summed E-state index contributed by atoms with van der Waals surface area (Å²) in [6.07, 6.45) is 0. The Kier molecular flexibility index (Phi) is 6.35. The Morgan fingerprint density at radius 2 is 2.00 bits per heavy atom. The number of benzene rings is 1. The zero-order valence-electron chi connectivity index (χ0n) is 8.11. The van der Waals surface area contributed by atoms with Crippen LogP contribution in [0.3, 0.4) is 0 Å². The van der Waals surface area contributed by atoms with Gasteiger partial charge in [-0.2, -0.15) is 5.10 Å². The molecule has 0 bridgehead atoms. The third kappa shape index (κ3) is 3.47. The molecule has 0 saturated heterocycles. The van der Waals surface area contributed by atoms with Crippen molar-refractivity contribution in [3.63, 3.8) is 0 Å². The molecule has 0 aliphatic rings. The van der Waals surface area contributed by atoms with Crippen LogP contribution in [-0.2, 0) is 12.6 Å². The molecule has 79 valence electrons. The topological polar surface area (TPSA) is 17.8 Å². The Labute approximate surface area is 160 Å². The van der Waals surface area contributed by atoms with E-state index in [1.54, 1.807) is 22.9 Å². The van der Waals surface area contributed by atoms with Crippen LogP contribution in [0.15, 0.2) is 22.5 Å². The van der Waals surface area contributed by atoms with Gasteiger partial charge in [-0.25, -0.2) is 4.68 Å². The smallest absolute Gasteiger partial charge is 0.0904 e. The molecule has 1 aromatic heterocycles. The quantitative estimate of drug-likeness (QED) is 0.452. The van der Waals surface area contributed by atoms with Crippen molar-refractivity contribution in [2.24, 2.45) is 0 Å². The molecule has 16 heavy (non-hydrogen) atoms. The number of aromatic nitrogens is 2. The first kappa shape index (κ1) is 15.5. The number of nitrogens with zero attached hydrogens (tertiary/aromatic N) is 2. The first-order valence-corrected chi connectivity index (χ1v) is 6.19. The Bertz CT molecular complexity index is 567. The second kappa shape index (κ2) is 6.56.